The van der Waals surface area contributed by atoms with Crippen molar-refractivity contribution in [3.63, 3.8) is 0 Å². The molecule has 0 N–H and O–H groups in total. The van der Waals surface area contributed by atoms with E-state index >= 15 is 0 Å². The molecule has 1 aromatic carbocycles. The molecule has 20 heavy (non-hydrogen) atoms. The number of benzene rings is 1. The first kappa shape index (κ1) is 14.0. The van der Waals surface area contributed by atoms with Crippen LogP contribution in [-0.2, 0) is 0 Å². The SMILES string of the molecule is O=C(c1c(F)cc(Br)cc1F)N1CCC2CCCCC21. The van der Waals surface area contributed by atoms with Crippen LogP contribution in [0.1, 0.15) is 42.5 Å². The third kappa shape index (κ3) is 2.36. The third-order valence-electron chi connectivity index (χ3n) is 4.49. The van der Waals surface area contributed by atoms with Gasteiger partial charge in [-0.3, -0.25) is 4.79 Å². The van der Waals surface area contributed by atoms with Gasteiger partial charge < -0.3 is 4.90 Å². The average molecular weight is 344 g/mol. The first-order valence-electron chi connectivity index (χ1n) is 7.03. The first-order valence-corrected chi connectivity index (χ1v) is 7.82. The monoisotopic (exact) mass is 343 g/mol. The van der Waals surface area contributed by atoms with E-state index in [0.29, 0.717) is 16.9 Å². The van der Waals surface area contributed by atoms with Crippen molar-refractivity contribution in [2.75, 3.05) is 6.54 Å². The van der Waals surface area contributed by atoms with Gasteiger partial charge in [0.05, 0.1) is 0 Å². The summed E-state index contributed by atoms with van der Waals surface area (Å²) < 4.78 is 28.1. The minimum atomic E-state index is -0.791. The predicted octanol–water partition coefficient (Wildman–Crippen LogP) is 4.13. The third-order valence-corrected chi connectivity index (χ3v) is 4.95. The van der Waals surface area contributed by atoms with Crippen LogP contribution in [0.25, 0.3) is 0 Å². The summed E-state index contributed by atoms with van der Waals surface area (Å²) in [6.45, 7) is 0.614. The average Bonchev–Trinajstić information content (AvgIpc) is 2.81. The van der Waals surface area contributed by atoms with Crippen molar-refractivity contribution in [2.45, 2.75) is 38.1 Å². The van der Waals surface area contributed by atoms with E-state index in [-0.39, 0.29) is 6.04 Å². The highest BCUT2D eigenvalue weighted by molar-refractivity contribution is 9.10. The van der Waals surface area contributed by atoms with E-state index in [0.717, 1.165) is 37.8 Å². The molecule has 0 spiro atoms. The maximum atomic E-state index is 13.9. The second-order valence-electron chi connectivity index (χ2n) is 5.64. The Bertz CT molecular complexity index is 526. The molecule has 2 aliphatic rings. The minimum absolute atomic E-state index is 0.165. The van der Waals surface area contributed by atoms with Crippen molar-refractivity contribution in [1.82, 2.24) is 4.90 Å². The van der Waals surface area contributed by atoms with Crippen molar-refractivity contribution in [2.24, 2.45) is 5.92 Å². The van der Waals surface area contributed by atoms with E-state index < -0.39 is 23.1 Å². The quantitative estimate of drug-likeness (QED) is 0.750. The van der Waals surface area contributed by atoms with Crippen molar-refractivity contribution in [3.05, 3.63) is 33.8 Å². The van der Waals surface area contributed by atoms with Gasteiger partial charge in [0.25, 0.3) is 5.91 Å². The molecule has 0 bridgehead atoms. The lowest BCUT2D eigenvalue weighted by molar-refractivity contribution is 0.0680. The summed E-state index contributed by atoms with van der Waals surface area (Å²) in [6, 6.07) is 2.45. The van der Waals surface area contributed by atoms with Crippen LogP contribution < -0.4 is 0 Å². The highest BCUT2D eigenvalue weighted by Gasteiger charge is 2.39. The molecule has 5 heteroatoms. The predicted molar refractivity (Wildman–Crippen MR) is 75.5 cm³/mol. The van der Waals surface area contributed by atoms with E-state index in [1.807, 2.05) is 0 Å². The van der Waals surface area contributed by atoms with Crippen LogP contribution in [0.2, 0.25) is 0 Å². The van der Waals surface area contributed by atoms with Gasteiger partial charge >= 0.3 is 0 Å². The number of carbonyl (C=O) groups excluding carboxylic acids is 1. The molecule has 0 radical (unpaired) electrons. The fraction of sp³-hybridized carbons (Fsp3) is 0.533. The summed E-state index contributed by atoms with van der Waals surface area (Å²) in [5, 5.41) is 0. The topological polar surface area (TPSA) is 20.3 Å². The van der Waals surface area contributed by atoms with Gasteiger partial charge in [0, 0.05) is 17.1 Å². The molecular weight excluding hydrogens is 328 g/mol. The Kier molecular flexibility index (Phi) is 3.80. The second-order valence-corrected chi connectivity index (χ2v) is 6.56. The van der Waals surface area contributed by atoms with Gasteiger partial charge in [0.1, 0.15) is 17.2 Å². The molecule has 108 valence electrons. The molecule has 2 fully saturated rings. The largest absolute Gasteiger partial charge is 0.335 e. The van der Waals surface area contributed by atoms with Gasteiger partial charge in [-0.1, -0.05) is 28.8 Å². The number of fused-ring (bicyclic) bond motifs is 1. The maximum absolute atomic E-state index is 13.9. The van der Waals surface area contributed by atoms with Crippen molar-refractivity contribution in [1.29, 1.82) is 0 Å². The Hall–Kier alpha value is -0.970. The molecule has 1 amide bonds. The summed E-state index contributed by atoms with van der Waals surface area (Å²) in [6.07, 6.45) is 5.33. The molecule has 1 heterocycles. The van der Waals surface area contributed by atoms with E-state index in [2.05, 4.69) is 15.9 Å². The van der Waals surface area contributed by atoms with Crippen LogP contribution in [-0.4, -0.2) is 23.4 Å². The number of hydrogen-bond donors (Lipinski definition) is 0. The summed E-state index contributed by atoms with van der Waals surface area (Å²) in [5.74, 6) is -1.57. The van der Waals surface area contributed by atoms with Crippen molar-refractivity contribution >= 4 is 21.8 Å². The van der Waals surface area contributed by atoms with Crippen molar-refractivity contribution < 1.29 is 13.6 Å². The fourth-order valence-corrected chi connectivity index (χ4v) is 3.95. The Balaban J connectivity index is 1.90. The lowest BCUT2D eigenvalue weighted by Crippen LogP contribution is -2.40. The Morgan fingerprint density at radius 1 is 1.15 bits per heavy atom. The number of nitrogens with zero attached hydrogens (tertiary/aromatic N) is 1. The van der Waals surface area contributed by atoms with Gasteiger partial charge in [0.15, 0.2) is 0 Å². The zero-order valence-corrected chi connectivity index (χ0v) is 12.6. The number of halogens is 3. The molecule has 3 rings (SSSR count). The van der Waals surface area contributed by atoms with Gasteiger partial charge in [-0.05, 0) is 37.3 Å². The molecule has 2 atom stereocenters. The number of rotatable bonds is 1. The lowest BCUT2D eigenvalue weighted by Gasteiger charge is -2.31. The maximum Gasteiger partial charge on any atom is 0.260 e. The van der Waals surface area contributed by atoms with Crippen LogP contribution in [0.5, 0.6) is 0 Å². The number of hydrogen-bond acceptors (Lipinski definition) is 1. The highest BCUT2D eigenvalue weighted by atomic mass is 79.9. The van der Waals surface area contributed by atoms with Gasteiger partial charge in [-0.2, -0.15) is 0 Å². The molecule has 1 aliphatic heterocycles. The van der Waals surface area contributed by atoms with Crippen LogP contribution in [0.15, 0.2) is 16.6 Å². The van der Waals surface area contributed by atoms with Crippen LogP contribution >= 0.6 is 15.9 Å². The van der Waals surface area contributed by atoms with E-state index in [9.17, 15) is 13.6 Å². The Morgan fingerprint density at radius 3 is 2.50 bits per heavy atom. The van der Waals surface area contributed by atoms with Gasteiger partial charge in [-0.15, -0.1) is 0 Å². The van der Waals surface area contributed by atoms with E-state index in [1.165, 1.54) is 6.42 Å². The summed E-state index contributed by atoms with van der Waals surface area (Å²) in [5.41, 5.74) is -0.417. The van der Waals surface area contributed by atoms with E-state index in [1.54, 1.807) is 4.90 Å². The fourth-order valence-electron chi connectivity index (χ4n) is 3.55. The van der Waals surface area contributed by atoms with Crippen molar-refractivity contribution in [3.8, 4) is 0 Å². The summed E-state index contributed by atoms with van der Waals surface area (Å²) in [7, 11) is 0. The Labute approximate surface area is 125 Å². The molecule has 1 saturated carbocycles. The standard InChI is InChI=1S/C15H16BrF2NO/c16-10-7-11(17)14(12(18)8-10)15(20)19-6-5-9-3-1-2-4-13(9)19/h7-9,13H,1-6H2. The molecule has 2 unspecified atom stereocenters. The zero-order chi connectivity index (χ0) is 14.3. The van der Waals surface area contributed by atoms with Gasteiger partial charge in [0.2, 0.25) is 0 Å². The number of likely N-dealkylation sites (tertiary alicyclic amines) is 1. The van der Waals surface area contributed by atoms with Gasteiger partial charge in [-0.25, -0.2) is 8.78 Å². The first-order chi connectivity index (χ1) is 9.58. The number of carbonyl (C=O) groups is 1. The molecule has 1 aliphatic carbocycles. The number of amides is 1. The van der Waals surface area contributed by atoms with E-state index in [4.69, 9.17) is 0 Å². The molecule has 1 aromatic rings. The molecule has 2 nitrogen and oxygen atoms in total. The lowest BCUT2D eigenvalue weighted by atomic mass is 9.85. The van der Waals surface area contributed by atoms with Crippen LogP contribution in [0, 0.1) is 17.6 Å². The summed E-state index contributed by atoms with van der Waals surface area (Å²) in [4.78, 5) is 14.2. The minimum Gasteiger partial charge on any atom is -0.335 e. The second kappa shape index (κ2) is 5.43. The van der Waals surface area contributed by atoms with Crippen LogP contribution in [0.3, 0.4) is 0 Å². The normalized spacial score (nSPS) is 25.6. The summed E-state index contributed by atoms with van der Waals surface area (Å²) >= 11 is 3.03. The molecular formula is C15H16BrF2NO. The van der Waals surface area contributed by atoms with Crippen LogP contribution in [0.4, 0.5) is 8.78 Å². The zero-order valence-electron chi connectivity index (χ0n) is 11.0. The molecule has 1 saturated heterocycles. The Morgan fingerprint density at radius 2 is 1.80 bits per heavy atom. The highest BCUT2D eigenvalue weighted by Crippen LogP contribution is 2.37. The molecule has 0 aromatic heterocycles. The smallest absolute Gasteiger partial charge is 0.260 e.